The van der Waals surface area contributed by atoms with E-state index < -0.39 is 5.91 Å². The summed E-state index contributed by atoms with van der Waals surface area (Å²) in [5, 5.41) is 5.78. The first kappa shape index (κ1) is 23.3. The fraction of sp³-hybridized carbons (Fsp3) is 0.304. The van der Waals surface area contributed by atoms with Gasteiger partial charge in [0, 0.05) is 11.8 Å². The molecule has 0 aliphatic heterocycles. The molecule has 0 saturated heterocycles. The van der Waals surface area contributed by atoms with Gasteiger partial charge in [0.05, 0.1) is 24.8 Å². The summed E-state index contributed by atoms with van der Waals surface area (Å²) in [6, 6.07) is 9.16. The first-order valence-corrected chi connectivity index (χ1v) is 9.95. The highest BCUT2D eigenvalue weighted by Crippen LogP contribution is 2.37. The van der Waals surface area contributed by atoms with E-state index >= 15 is 0 Å². The van der Waals surface area contributed by atoms with Crippen molar-refractivity contribution in [2.75, 3.05) is 19.0 Å². The van der Waals surface area contributed by atoms with Crippen molar-refractivity contribution in [3.8, 4) is 11.5 Å². The number of rotatable bonds is 8. The van der Waals surface area contributed by atoms with Crippen LogP contribution in [0.5, 0.6) is 11.5 Å². The molecule has 160 valence electrons. The van der Waals surface area contributed by atoms with E-state index in [1.807, 2.05) is 45.9 Å². The molecule has 0 radical (unpaired) electrons. The summed E-state index contributed by atoms with van der Waals surface area (Å²) in [6.07, 6.45) is 2.87. The molecule has 2 aromatic carbocycles. The predicted octanol–water partition coefficient (Wildman–Crippen LogP) is 4.52. The minimum absolute atomic E-state index is 0.0572. The first-order chi connectivity index (χ1) is 14.2. The van der Waals surface area contributed by atoms with Crippen molar-refractivity contribution < 1.29 is 19.1 Å². The van der Waals surface area contributed by atoms with Gasteiger partial charge in [-0.25, -0.2) is 0 Å². The largest absolute Gasteiger partial charge is 0.493 e. The van der Waals surface area contributed by atoms with Gasteiger partial charge in [0.1, 0.15) is 0 Å². The van der Waals surface area contributed by atoms with E-state index in [1.165, 1.54) is 13.2 Å². The summed E-state index contributed by atoms with van der Waals surface area (Å²) in [6.45, 7) is 7.48. The maximum absolute atomic E-state index is 12.2. The Balaban J connectivity index is 1.97. The van der Waals surface area contributed by atoms with Crippen molar-refractivity contribution in [3.05, 3.63) is 58.1 Å². The lowest BCUT2D eigenvalue weighted by atomic mass is 10.1. The third-order valence-corrected chi connectivity index (χ3v) is 4.48. The van der Waals surface area contributed by atoms with Gasteiger partial charge in [-0.1, -0.05) is 29.8 Å². The molecule has 0 aliphatic rings. The van der Waals surface area contributed by atoms with Crippen molar-refractivity contribution >= 4 is 35.2 Å². The first-order valence-electron chi connectivity index (χ1n) is 9.57. The monoisotopic (exact) mass is 430 g/mol. The average molecular weight is 431 g/mol. The van der Waals surface area contributed by atoms with Gasteiger partial charge in [-0.2, -0.15) is 0 Å². The molecule has 0 fully saturated rings. The normalized spacial score (nSPS) is 10.9. The number of benzene rings is 2. The molecule has 0 aromatic heterocycles. The molecule has 2 rings (SSSR count). The second-order valence-corrected chi connectivity index (χ2v) is 7.47. The molecule has 2 aromatic rings. The van der Waals surface area contributed by atoms with E-state index in [-0.39, 0.29) is 18.6 Å². The van der Waals surface area contributed by atoms with Crippen LogP contribution in [-0.2, 0) is 9.59 Å². The smallest absolute Gasteiger partial charge is 0.244 e. The molecule has 0 atom stereocenters. The Morgan fingerprint density at radius 2 is 1.83 bits per heavy atom. The number of methoxy groups -OCH3 is 1. The number of anilines is 1. The number of para-hydroxylation sites is 1. The summed E-state index contributed by atoms with van der Waals surface area (Å²) >= 11 is 6.29. The van der Waals surface area contributed by atoms with E-state index in [2.05, 4.69) is 10.6 Å². The molecule has 2 N–H and O–H groups in total. The van der Waals surface area contributed by atoms with Crippen LogP contribution in [0.15, 0.2) is 36.4 Å². The van der Waals surface area contributed by atoms with E-state index in [0.29, 0.717) is 22.1 Å². The molecule has 30 heavy (non-hydrogen) atoms. The minimum Gasteiger partial charge on any atom is -0.493 e. The van der Waals surface area contributed by atoms with E-state index in [9.17, 15) is 9.59 Å². The highest BCUT2D eigenvalue weighted by atomic mass is 35.5. The van der Waals surface area contributed by atoms with Crippen molar-refractivity contribution in [1.82, 2.24) is 5.32 Å². The molecule has 0 unspecified atom stereocenters. The quantitative estimate of drug-likeness (QED) is 0.603. The van der Waals surface area contributed by atoms with Crippen LogP contribution >= 0.6 is 11.6 Å². The maximum Gasteiger partial charge on any atom is 0.244 e. The van der Waals surface area contributed by atoms with E-state index in [4.69, 9.17) is 21.1 Å². The van der Waals surface area contributed by atoms with Gasteiger partial charge < -0.3 is 20.1 Å². The van der Waals surface area contributed by atoms with Crippen molar-refractivity contribution in [2.24, 2.45) is 0 Å². The zero-order valence-corrected chi connectivity index (χ0v) is 18.6. The molecule has 0 saturated carbocycles. The number of hydrogen-bond acceptors (Lipinski definition) is 4. The van der Waals surface area contributed by atoms with Crippen LogP contribution in [0.2, 0.25) is 5.02 Å². The van der Waals surface area contributed by atoms with Crippen molar-refractivity contribution in [3.63, 3.8) is 0 Å². The lowest BCUT2D eigenvalue weighted by Gasteiger charge is -2.15. The van der Waals surface area contributed by atoms with Gasteiger partial charge in [0.2, 0.25) is 11.8 Å². The highest BCUT2D eigenvalue weighted by Gasteiger charge is 2.13. The number of carbonyl (C=O) groups excluding carboxylic acids is 2. The van der Waals surface area contributed by atoms with E-state index in [1.54, 1.807) is 18.2 Å². The highest BCUT2D eigenvalue weighted by molar-refractivity contribution is 6.32. The zero-order chi connectivity index (χ0) is 22.3. The van der Waals surface area contributed by atoms with Crippen LogP contribution in [0.25, 0.3) is 6.08 Å². The number of aryl methyl sites for hydroxylation is 2. The second kappa shape index (κ2) is 10.7. The molecule has 0 heterocycles. The number of halogens is 1. The number of nitrogens with one attached hydrogen (secondary N) is 2. The van der Waals surface area contributed by atoms with Gasteiger partial charge >= 0.3 is 0 Å². The Morgan fingerprint density at radius 1 is 1.17 bits per heavy atom. The number of ether oxygens (including phenoxy) is 2. The van der Waals surface area contributed by atoms with Gasteiger partial charge in [0.25, 0.3) is 0 Å². The number of amides is 2. The summed E-state index contributed by atoms with van der Waals surface area (Å²) in [4.78, 5) is 24.2. The van der Waals surface area contributed by atoms with Gasteiger partial charge in [-0.3, -0.25) is 9.59 Å². The summed E-state index contributed by atoms with van der Waals surface area (Å²) in [7, 11) is 1.52. The van der Waals surface area contributed by atoms with E-state index in [0.717, 1.165) is 16.8 Å². The number of carbonyl (C=O) groups is 2. The Labute approximate surface area is 182 Å². The fourth-order valence-corrected chi connectivity index (χ4v) is 3.04. The lowest BCUT2D eigenvalue weighted by molar-refractivity contribution is -0.121. The van der Waals surface area contributed by atoms with Crippen LogP contribution < -0.4 is 20.1 Å². The Kier molecular flexibility index (Phi) is 8.30. The zero-order valence-electron chi connectivity index (χ0n) is 17.8. The lowest BCUT2D eigenvalue weighted by Crippen LogP contribution is -2.32. The minimum atomic E-state index is -0.399. The molecule has 2 amide bonds. The predicted molar refractivity (Wildman–Crippen MR) is 120 cm³/mol. The average Bonchev–Trinajstić information content (AvgIpc) is 2.69. The second-order valence-electron chi connectivity index (χ2n) is 7.07. The number of hydrogen-bond donors (Lipinski definition) is 2. The van der Waals surface area contributed by atoms with Crippen LogP contribution in [0.1, 0.15) is 30.5 Å². The Hall–Kier alpha value is -2.99. The summed E-state index contributed by atoms with van der Waals surface area (Å²) in [5.74, 6) is 0.237. The maximum atomic E-state index is 12.2. The third-order valence-electron chi connectivity index (χ3n) is 4.20. The molecule has 6 nitrogen and oxygen atoms in total. The van der Waals surface area contributed by atoms with Crippen molar-refractivity contribution in [1.29, 1.82) is 0 Å². The molecule has 0 aliphatic carbocycles. The van der Waals surface area contributed by atoms with Gasteiger partial charge in [-0.05, 0) is 62.6 Å². The topological polar surface area (TPSA) is 76.7 Å². The SMILES string of the molecule is COc1cc(/C=C/C(=O)NCC(=O)Nc2c(C)cccc2C)cc(Cl)c1OC(C)C. The van der Waals surface area contributed by atoms with Crippen LogP contribution in [0.3, 0.4) is 0 Å². The van der Waals surface area contributed by atoms with Crippen LogP contribution in [0.4, 0.5) is 5.69 Å². The standard InChI is InChI=1S/C23H27ClN2O4/c1-14(2)30-23-18(24)11-17(12-19(23)29-5)9-10-20(27)25-13-21(28)26-22-15(3)7-6-8-16(22)4/h6-12,14H,13H2,1-5H3,(H,25,27)(H,26,28)/b10-9+. The van der Waals surface area contributed by atoms with Crippen molar-refractivity contribution in [2.45, 2.75) is 33.8 Å². The third kappa shape index (κ3) is 6.52. The summed E-state index contributed by atoms with van der Waals surface area (Å²) in [5.41, 5.74) is 3.36. The van der Waals surface area contributed by atoms with Gasteiger partial charge in [-0.15, -0.1) is 0 Å². The fourth-order valence-electron chi connectivity index (χ4n) is 2.78. The molecule has 0 spiro atoms. The molecular formula is C23H27ClN2O4. The summed E-state index contributed by atoms with van der Waals surface area (Å²) < 4.78 is 11.0. The van der Waals surface area contributed by atoms with Crippen LogP contribution in [-0.4, -0.2) is 31.6 Å². The Bertz CT molecular complexity index is 934. The molecule has 7 heteroatoms. The Morgan fingerprint density at radius 3 is 2.43 bits per heavy atom. The van der Waals surface area contributed by atoms with Gasteiger partial charge in [0.15, 0.2) is 11.5 Å². The molecule has 0 bridgehead atoms. The molecular weight excluding hydrogens is 404 g/mol. The van der Waals surface area contributed by atoms with Crippen LogP contribution in [0, 0.1) is 13.8 Å².